The summed E-state index contributed by atoms with van der Waals surface area (Å²) in [5.74, 6) is -2.43. The third-order valence-electron chi connectivity index (χ3n) is 3.50. The minimum Gasteiger partial charge on any atom is -0.467 e. The van der Waals surface area contributed by atoms with Crippen LogP contribution in [0, 0.1) is 0 Å². The second kappa shape index (κ2) is 8.95. The molecule has 1 atom stereocenters. The molecule has 0 saturated heterocycles. The number of carbonyl (C=O) groups excluding carboxylic acids is 2. The topological polar surface area (TPSA) is 89.5 Å². The smallest absolute Gasteiger partial charge is 0.333 e. The minimum absolute atomic E-state index is 0.270. The molecule has 0 unspecified atom stereocenters. The highest BCUT2D eigenvalue weighted by atomic mass is 79.9. The number of halogens is 1. The summed E-state index contributed by atoms with van der Waals surface area (Å²) in [6.45, 7) is 0. The summed E-state index contributed by atoms with van der Waals surface area (Å²) < 4.78 is 30.0. The number of methoxy groups -OCH3 is 1. The van der Waals surface area contributed by atoms with Crippen LogP contribution >= 0.6 is 15.9 Å². The third kappa shape index (κ3) is 5.96. The first-order valence-corrected chi connectivity index (χ1v) is 10.3. The SMILES string of the molecule is COC(=O)[C@H](NC(=O)CS(=O)(=O)Cc1cccc(Br)c1)c1ccccc1. The Kier molecular flexibility index (Phi) is 6.93. The summed E-state index contributed by atoms with van der Waals surface area (Å²) in [7, 11) is -2.49. The van der Waals surface area contributed by atoms with E-state index >= 15 is 0 Å². The Morgan fingerprint density at radius 2 is 1.81 bits per heavy atom. The number of amides is 1. The van der Waals surface area contributed by atoms with Crippen molar-refractivity contribution in [3.8, 4) is 0 Å². The number of sulfone groups is 1. The lowest BCUT2D eigenvalue weighted by atomic mass is 10.1. The van der Waals surface area contributed by atoms with E-state index in [4.69, 9.17) is 4.74 Å². The van der Waals surface area contributed by atoms with Crippen molar-refractivity contribution in [1.29, 1.82) is 0 Å². The van der Waals surface area contributed by atoms with Gasteiger partial charge >= 0.3 is 5.97 Å². The molecule has 0 saturated carbocycles. The molecular weight excluding hydrogens is 422 g/mol. The zero-order valence-electron chi connectivity index (χ0n) is 14.0. The molecule has 1 amide bonds. The second-order valence-corrected chi connectivity index (χ2v) is 8.58. The van der Waals surface area contributed by atoms with E-state index in [0.29, 0.717) is 11.1 Å². The monoisotopic (exact) mass is 439 g/mol. The summed E-state index contributed by atoms with van der Waals surface area (Å²) in [6, 6.07) is 14.3. The van der Waals surface area contributed by atoms with Gasteiger partial charge in [-0.2, -0.15) is 0 Å². The van der Waals surface area contributed by atoms with E-state index in [2.05, 4.69) is 21.2 Å². The van der Waals surface area contributed by atoms with E-state index in [1.54, 1.807) is 54.6 Å². The van der Waals surface area contributed by atoms with Gasteiger partial charge in [-0.15, -0.1) is 0 Å². The lowest BCUT2D eigenvalue weighted by Crippen LogP contribution is -2.38. The highest BCUT2D eigenvalue weighted by Gasteiger charge is 2.26. The molecule has 0 aliphatic carbocycles. The summed E-state index contributed by atoms with van der Waals surface area (Å²) in [4.78, 5) is 24.2. The number of nitrogens with one attached hydrogen (secondary N) is 1. The summed E-state index contributed by atoms with van der Waals surface area (Å²) in [5, 5.41) is 2.44. The molecule has 0 aliphatic rings. The van der Waals surface area contributed by atoms with Gasteiger partial charge < -0.3 is 10.1 Å². The molecule has 0 aliphatic heterocycles. The average Bonchev–Trinajstić information content (AvgIpc) is 2.59. The van der Waals surface area contributed by atoms with Crippen LogP contribution in [0.3, 0.4) is 0 Å². The minimum atomic E-state index is -3.70. The Morgan fingerprint density at radius 1 is 1.12 bits per heavy atom. The van der Waals surface area contributed by atoms with Gasteiger partial charge in [-0.1, -0.05) is 58.4 Å². The first kappa shape index (κ1) is 20.1. The first-order valence-electron chi connectivity index (χ1n) is 7.68. The molecule has 2 aromatic rings. The third-order valence-corrected chi connectivity index (χ3v) is 5.47. The zero-order valence-corrected chi connectivity index (χ0v) is 16.4. The fraction of sp³-hybridized carbons (Fsp3) is 0.222. The van der Waals surface area contributed by atoms with Crippen LogP contribution < -0.4 is 5.32 Å². The number of carbonyl (C=O) groups is 2. The van der Waals surface area contributed by atoms with Crippen LogP contribution in [0.15, 0.2) is 59.1 Å². The maximum Gasteiger partial charge on any atom is 0.333 e. The van der Waals surface area contributed by atoms with E-state index in [9.17, 15) is 18.0 Å². The number of esters is 1. The fourth-order valence-electron chi connectivity index (χ4n) is 2.38. The molecule has 26 heavy (non-hydrogen) atoms. The van der Waals surface area contributed by atoms with Crippen molar-refractivity contribution in [3.63, 3.8) is 0 Å². The van der Waals surface area contributed by atoms with E-state index in [1.165, 1.54) is 7.11 Å². The van der Waals surface area contributed by atoms with Crippen molar-refractivity contribution in [2.45, 2.75) is 11.8 Å². The van der Waals surface area contributed by atoms with Gasteiger partial charge in [0.1, 0.15) is 5.75 Å². The molecule has 0 fully saturated rings. The molecule has 2 aromatic carbocycles. The van der Waals surface area contributed by atoms with Crippen molar-refractivity contribution < 1.29 is 22.7 Å². The number of benzene rings is 2. The van der Waals surface area contributed by atoms with E-state index in [1.807, 2.05) is 0 Å². The molecule has 6 nitrogen and oxygen atoms in total. The molecule has 2 rings (SSSR count). The van der Waals surface area contributed by atoms with Gasteiger partial charge in [-0.3, -0.25) is 4.79 Å². The summed E-state index contributed by atoms with van der Waals surface area (Å²) in [6.07, 6.45) is 0. The predicted octanol–water partition coefficient (Wildman–Crippen LogP) is 2.39. The van der Waals surface area contributed by atoms with E-state index < -0.39 is 33.5 Å². The molecule has 0 spiro atoms. The van der Waals surface area contributed by atoms with Gasteiger partial charge in [0.15, 0.2) is 15.9 Å². The van der Waals surface area contributed by atoms with Crippen molar-refractivity contribution in [2.75, 3.05) is 12.9 Å². The van der Waals surface area contributed by atoms with Gasteiger partial charge in [-0.25, -0.2) is 13.2 Å². The molecular formula is C18H18BrNO5S. The maximum absolute atomic E-state index is 12.3. The second-order valence-electron chi connectivity index (χ2n) is 5.60. The fourth-order valence-corrected chi connectivity index (χ4v) is 4.09. The quantitative estimate of drug-likeness (QED) is 0.668. The van der Waals surface area contributed by atoms with Gasteiger partial charge in [0.25, 0.3) is 0 Å². The lowest BCUT2D eigenvalue weighted by Gasteiger charge is -2.17. The average molecular weight is 440 g/mol. The Labute approximate surface area is 160 Å². The normalized spacial score (nSPS) is 12.2. The standard InChI is InChI=1S/C18H18BrNO5S/c1-25-18(22)17(14-7-3-2-4-8-14)20-16(21)12-26(23,24)11-13-6-5-9-15(19)10-13/h2-10,17H,11-12H2,1H3,(H,20,21)/t17-/m1/s1. The maximum atomic E-state index is 12.3. The lowest BCUT2D eigenvalue weighted by molar-refractivity contribution is -0.145. The van der Waals surface area contributed by atoms with Crippen LogP contribution in [0.5, 0.6) is 0 Å². The molecule has 0 radical (unpaired) electrons. The Morgan fingerprint density at radius 3 is 2.42 bits per heavy atom. The summed E-state index contributed by atoms with van der Waals surface area (Å²) in [5.41, 5.74) is 1.08. The Balaban J connectivity index is 2.08. The van der Waals surface area contributed by atoms with E-state index in [-0.39, 0.29) is 5.75 Å². The number of rotatable bonds is 7. The van der Waals surface area contributed by atoms with Crippen LogP contribution in [0.2, 0.25) is 0 Å². The molecule has 1 N–H and O–H groups in total. The first-order chi connectivity index (χ1) is 12.3. The predicted molar refractivity (Wildman–Crippen MR) is 101 cm³/mol. The zero-order chi connectivity index (χ0) is 19.2. The van der Waals surface area contributed by atoms with Gasteiger partial charge in [0, 0.05) is 4.47 Å². The molecule has 0 bridgehead atoms. The molecule has 8 heteroatoms. The van der Waals surface area contributed by atoms with Crippen molar-refractivity contribution >= 4 is 37.6 Å². The number of hydrogen-bond acceptors (Lipinski definition) is 5. The highest BCUT2D eigenvalue weighted by Crippen LogP contribution is 2.16. The van der Waals surface area contributed by atoms with Crippen LogP contribution in [-0.2, 0) is 29.9 Å². The molecule has 138 valence electrons. The van der Waals surface area contributed by atoms with Gasteiger partial charge in [0.05, 0.1) is 12.9 Å². The largest absolute Gasteiger partial charge is 0.467 e. The van der Waals surface area contributed by atoms with Crippen LogP contribution in [0.4, 0.5) is 0 Å². The van der Waals surface area contributed by atoms with Crippen molar-refractivity contribution in [2.24, 2.45) is 0 Å². The molecule has 0 aromatic heterocycles. The molecule has 0 heterocycles. The van der Waals surface area contributed by atoms with Gasteiger partial charge in [-0.05, 0) is 23.3 Å². The Bertz CT molecular complexity index is 883. The van der Waals surface area contributed by atoms with Crippen molar-refractivity contribution in [1.82, 2.24) is 5.32 Å². The summed E-state index contributed by atoms with van der Waals surface area (Å²) >= 11 is 3.28. The van der Waals surface area contributed by atoms with Crippen molar-refractivity contribution in [3.05, 3.63) is 70.2 Å². The number of ether oxygens (including phenoxy) is 1. The van der Waals surface area contributed by atoms with Crippen LogP contribution in [0.25, 0.3) is 0 Å². The highest BCUT2D eigenvalue weighted by molar-refractivity contribution is 9.10. The number of hydrogen-bond donors (Lipinski definition) is 1. The van der Waals surface area contributed by atoms with Crippen LogP contribution in [0.1, 0.15) is 17.2 Å². The van der Waals surface area contributed by atoms with Crippen LogP contribution in [-0.4, -0.2) is 33.2 Å². The Hall–Kier alpha value is -2.19. The van der Waals surface area contributed by atoms with E-state index in [0.717, 1.165) is 4.47 Å². The van der Waals surface area contributed by atoms with Gasteiger partial charge in [0.2, 0.25) is 5.91 Å².